The number of rotatable bonds is 3. The lowest BCUT2D eigenvalue weighted by Crippen LogP contribution is -2.21. The van der Waals surface area contributed by atoms with E-state index in [0.29, 0.717) is 5.56 Å². The van der Waals surface area contributed by atoms with E-state index in [9.17, 15) is 9.50 Å². The highest BCUT2D eigenvalue weighted by Gasteiger charge is 2.27. The predicted molar refractivity (Wildman–Crippen MR) is 65.9 cm³/mol. The van der Waals surface area contributed by atoms with Gasteiger partial charge in [0.25, 0.3) is 0 Å². The molecule has 2 nitrogen and oxygen atoms in total. The minimum atomic E-state index is -1.18. The first-order chi connectivity index (χ1) is 8.05. The van der Waals surface area contributed by atoms with Gasteiger partial charge in [-0.2, -0.15) is 0 Å². The predicted octanol–water partition coefficient (Wildman–Crippen LogP) is 3.15. The zero-order valence-electron chi connectivity index (χ0n) is 9.61. The van der Waals surface area contributed by atoms with Crippen LogP contribution in [0.25, 0.3) is 0 Å². The van der Waals surface area contributed by atoms with E-state index in [4.69, 9.17) is 4.74 Å². The van der Waals surface area contributed by atoms with Crippen molar-refractivity contribution in [3.05, 3.63) is 52.0 Å². The molecule has 0 saturated carbocycles. The molecule has 1 aromatic heterocycles. The second-order valence-corrected chi connectivity index (χ2v) is 4.85. The number of thiophene rings is 1. The maximum Gasteiger partial charge on any atom is 0.165 e. The number of benzene rings is 1. The van der Waals surface area contributed by atoms with Crippen LogP contribution in [0, 0.1) is 5.82 Å². The first-order valence-electron chi connectivity index (χ1n) is 5.16. The molecule has 1 unspecified atom stereocenters. The minimum Gasteiger partial charge on any atom is -0.494 e. The zero-order chi connectivity index (χ0) is 12.5. The van der Waals surface area contributed by atoms with Gasteiger partial charge in [-0.1, -0.05) is 12.1 Å². The van der Waals surface area contributed by atoms with E-state index in [1.54, 1.807) is 13.0 Å². The molecule has 0 aliphatic rings. The Morgan fingerprint density at radius 1 is 1.35 bits per heavy atom. The van der Waals surface area contributed by atoms with Crippen molar-refractivity contribution < 1.29 is 14.2 Å². The standard InChI is InChI=1S/C13H13FO2S/c1-13(15,12-4-3-7-17-12)9-5-6-11(16-2)10(14)8-9/h3-8,15H,1-2H3. The third kappa shape index (κ3) is 2.18. The normalized spacial score (nSPS) is 14.4. The van der Waals surface area contributed by atoms with Crippen molar-refractivity contribution in [1.82, 2.24) is 0 Å². The molecule has 0 spiro atoms. The number of methoxy groups -OCH3 is 1. The van der Waals surface area contributed by atoms with Crippen LogP contribution in [-0.4, -0.2) is 12.2 Å². The molecule has 0 fully saturated rings. The van der Waals surface area contributed by atoms with E-state index in [0.717, 1.165) is 4.88 Å². The van der Waals surface area contributed by atoms with Crippen molar-refractivity contribution in [1.29, 1.82) is 0 Å². The highest BCUT2D eigenvalue weighted by Crippen LogP contribution is 2.33. The summed E-state index contributed by atoms with van der Waals surface area (Å²) in [5.41, 5.74) is -0.667. The van der Waals surface area contributed by atoms with E-state index in [-0.39, 0.29) is 5.75 Å². The van der Waals surface area contributed by atoms with Crippen LogP contribution in [0.5, 0.6) is 5.75 Å². The quantitative estimate of drug-likeness (QED) is 0.909. The molecule has 0 aliphatic carbocycles. The third-order valence-corrected chi connectivity index (χ3v) is 3.80. The Kier molecular flexibility index (Phi) is 3.17. The summed E-state index contributed by atoms with van der Waals surface area (Å²) in [5.74, 6) is -0.294. The van der Waals surface area contributed by atoms with Gasteiger partial charge in [-0.25, -0.2) is 4.39 Å². The molecule has 0 aliphatic heterocycles. The summed E-state index contributed by atoms with van der Waals surface area (Å²) in [5, 5.41) is 12.3. The van der Waals surface area contributed by atoms with Crippen molar-refractivity contribution in [2.75, 3.05) is 7.11 Å². The molecule has 0 amide bonds. The van der Waals surface area contributed by atoms with E-state index >= 15 is 0 Å². The number of aliphatic hydroxyl groups is 1. The van der Waals surface area contributed by atoms with Crippen LogP contribution in [0.3, 0.4) is 0 Å². The van der Waals surface area contributed by atoms with Gasteiger partial charge in [-0.05, 0) is 36.1 Å². The number of ether oxygens (including phenoxy) is 1. The lowest BCUT2D eigenvalue weighted by molar-refractivity contribution is 0.106. The Morgan fingerprint density at radius 3 is 2.65 bits per heavy atom. The van der Waals surface area contributed by atoms with Gasteiger partial charge in [-0.15, -0.1) is 11.3 Å². The van der Waals surface area contributed by atoms with Crippen molar-refractivity contribution in [3.63, 3.8) is 0 Å². The van der Waals surface area contributed by atoms with Gasteiger partial charge in [0.05, 0.1) is 7.11 Å². The molecular formula is C13H13FO2S. The summed E-state index contributed by atoms with van der Waals surface area (Å²) in [4.78, 5) is 0.780. The molecule has 2 rings (SSSR count). The summed E-state index contributed by atoms with van der Waals surface area (Å²) in [6, 6.07) is 8.17. The maximum atomic E-state index is 13.6. The zero-order valence-corrected chi connectivity index (χ0v) is 10.4. The van der Waals surface area contributed by atoms with Gasteiger partial charge in [-0.3, -0.25) is 0 Å². The summed E-state index contributed by atoms with van der Waals surface area (Å²) in [7, 11) is 1.41. The molecule has 1 aromatic carbocycles. The van der Waals surface area contributed by atoms with E-state index < -0.39 is 11.4 Å². The number of hydrogen-bond acceptors (Lipinski definition) is 3. The summed E-state index contributed by atoms with van der Waals surface area (Å²) < 4.78 is 18.4. The first kappa shape index (κ1) is 12.1. The Bertz CT molecular complexity index is 506. The fourth-order valence-electron chi connectivity index (χ4n) is 1.67. The lowest BCUT2D eigenvalue weighted by Gasteiger charge is -2.22. The van der Waals surface area contributed by atoms with Crippen LogP contribution >= 0.6 is 11.3 Å². The average Bonchev–Trinajstić information content (AvgIpc) is 2.83. The molecule has 1 atom stereocenters. The largest absolute Gasteiger partial charge is 0.494 e. The van der Waals surface area contributed by atoms with Gasteiger partial charge in [0.2, 0.25) is 0 Å². The number of halogens is 1. The molecule has 0 saturated heterocycles. The van der Waals surface area contributed by atoms with E-state index in [1.165, 1.54) is 30.6 Å². The minimum absolute atomic E-state index is 0.177. The summed E-state index contributed by atoms with van der Waals surface area (Å²) >= 11 is 1.44. The Balaban J connectivity index is 2.43. The molecule has 1 heterocycles. The molecular weight excluding hydrogens is 239 g/mol. The fraction of sp³-hybridized carbons (Fsp3) is 0.231. The summed E-state index contributed by atoms with van der Waals surface area (Å²) in [6.45, 7) is 1.65. The monoisotopic (exact) mass is 252 g/mol. The topological polar surface area (TPSA) is 29.5 Å². The molecule has 4 heteroatoms. The van der Waals surface area contributed by atoms with Crippen LogP contribution in [0.4, 0.5) is 4.39 Å². The van der Waals surface area contributed by atoms with Crippen LogP contribution in [0.1, 0.15) is 17.4 Å². The van der Waals surface area contributed by atoms with Gasteiger partial charge < -0.3 is 9.84 Å². The molecule has 90 valence electrons. The molecule has 0 bridgehead atoms. The molecule has 1 N–H and O–H groups in total. The van der Waals surface area contributed by atoms with Crippen LogP contribution in [0.2, 0.25) is 0 Å². The van der Waals surface area contributed by atoms with Gasteiger partial charge in [0.15, 0.2) is 11.6 Å². The SMILES string of the molecule is COc1ccc(C(C)(O)c2cccs2)cc1F. The van der Waals surface area contributed by atoms with Crippen molar-refractivity contribution in [2.24, 2.45) is 0 Å². The van der Waals surface area contributed by atoms with Gasteiger partial charge in [0.1, 0.15) is 5.60 Å². The van der Waals surface area contributed by atoms with E-state index in [1.807, 2.05) is 17.5 Å². The highest BCUT2D eigenvalue weighted by atomic mass is 32.1. The maximum absolute atomic E-state index is 13.6. The van der Waals surface area contributed by atoms with Gasteiger partial charge in [0, 0.05) is 4.88 Å². The first-order valence-corrected chi connectivity index (χ1v) is 6.04. The van der Waals surface area contributed by atoms with Crippen LogP contribution < -0.4 is 4.74 Å². The van der Waals surface area contributed by atoms with Crippen LogP contribution in [-0.2, 0) is 5.60 Å². The van der Waals surface area contributed by atoms with Crippen molar-refractivity contribution in [3.8, 4) is 5.75 Å². The Morgan fingerprint density at radius 2 is 2.12 bits per heavy atom. The van der Waals surface area contributed by atoms with Gasteiger partial charge >= 0.3 is 0 Å². The Hall–Kier alpha value is -1.39. The average molecular weight is 252 g/mol. The molecule has 17 heavy (non-hydrogen) atoms. The van der Waals surface area contributed by atoms with Crippen molar-refractivity contribution >= 4 is 11.3 Å². The smallest absolute Gasteiger partial charge is 0.165 e. The summed E-state index contributed by atoms with van der Waals surface area (Å²) in [6.07, 6.45) is 0. The second kappa shape index (κ2) is 4.47. The Labute approximate surface area is 103 Å². The third-order valence-electron chi connectivity index (χ3n) is 2.71. The van der Waals surface area contributed by atoms with E-state index in [2.05, 4.69) is 0 Å². The highest BCUT2D eigenvalue weighted by molar-refractivity contribution is 7.10. The van der Waals surface area contributed by atoms with Crippen molar-refractivity contribution in [2.45, 2.75) is 12.5 Å². The fourth-order valence-corrected chi connectivity index (χ4v) is 2.48. The second-order valence-electron chi connectivity index (χ2n) is 3.90. The lowest BCUT2D eigenvalue weighted by atomic mass is 9.94. The van der Waals surface area contributed by atoms with Crippen LogP contribution in [0.15, 0.2) is 35.7 Å². The molecule has 0 radical (unpaired) electrons. The number of hydrogen-bond donors (Lipinski definition) is 1. The molecule has 2 aromatic rings.